The van der Waals surface area contributed by atoms with Crippen molar-refractivity contribution in [3.05, 3.63) is 29.8 Å². The van der Waals surface area contributed by atoms with E-state index in [0.717, 1.165) is 12.8 Å². The lowest BCUT2D eigenvalue weighted by Gasteiger charge is -2.26. The van der Waals surface area contributed by atoms with Crippen molar-refractivity contribution in [2.45, 2.75) is 25.3 Å². The van der Waals surface area contributed by atoms with Gasteiger partial charge in [-0.05, 0) is 43.0 Å². The van der Waals surface area contributed by atoms with Crippen molar-refractivity contribution in [3.8, 4) is 0 Å². The lowest BCUT2D eigenvalue weighted by Crippen LogP contribution is -2.44. The molecule has 0 bridgehead atoms. The SMILES string of the molecule is COC(=O)CCNC(=O)c1ccc(NC(=O)C(N)C2CCOCC2)cc1.Cl. The lowest BCUT2D eigenvalue weighted by atomic mass is 9.92. The highest BCUT2D eigenvalue weighted by atomic mass is 35.5. The van der Waals surface area contributed by atoms with E-state index < -0.39 is 6.04 Å². The number of nitrogens with one attached hydrogen (secondary N) is 2. The largest absolute Gasteiger partial charge is 0.469 e. The van der Waals surface area contributed by atoms with Gasteiger partial charge in [0.25, 0.3) is 5.91 Å². The molecule has 2 rings (SSSR count). The quantitative estimate of drug-likeness (QED) is 0.590. The number of halogens is 1. The van der Waals surface area contributed by atoms with Crippen LogP contribution < -0.4 is 16.4 Å². The van der Waals surface area contributed by atoms with Gasteiger partial charge in [0.15, 0.2) is 0 Å². The Morgan fingerprint density at radius 1 is 1.22 bits per heavy atom. The number of hydrogen-bond acceptors (Lipinski definition) is 6. The third kappa shape index (κ3) is 7.16. The van der Waals surface area contributed by atoms with E-state index in [1.165, 1.54) is 7.11 Å². The van der Waals surface area contributed by atoms with Gasteiger partial charge >= 0.3 is 5.97 Å². The summed E-state index contributed by atoms with van der Waals surface area (Å²) in [6, 6.07) is 5.90. The van der Waals surface area contributed by atoms with Crippen LogP contribution in [0, 0.1) is 5.92 Å². The number of amides is 2. The summed E-state index contributed by atoms with van der Waals surface area (Å²) in [5, 5.41) is 5.40. The van der Waals surface area contributed by atoms with Gasteiger partial charge in [0.1, 0.15) is 0 Å². The minimum absolute atomic E-state index is 0. The average molecular weight is 400 g/mol. The van der Waals surface area contributed by atoms with E-state index in [9.17, 15) is 14.4 Å². The summed E-state index contributed by atoms with van der Waals surface area (Å²) < 4.78 is 9.79. The minimum Gasteiger partial charge on any atom is -0.469 e. The van der Waals surface area contributed by atoms with Crippen molar-refractivity contribution in [1.82, 2.24) is 5.32 Å². The van der Waals surface area contributed by atoms with Crippen LogP contribution in [-0.2, 0) is 19.1 Å². The molecule has 0 radical (unpaired) electrons. The maximum Gasteiger partial charge on any atom is 0.307 e. The molecule has 0 spiro atoms. The van der Waals surface area contributed by atoms with Crippen LogP contribution in [0.4, 0.5) is 5.69 Å². The van der Waals surface area contributed by atoms with Crippen LogP contribution in [0.3, 0.4) is 0 Å². The predicted octanol–water partition coefficient (Wildman–Crippen LogP) is 1.09. The summed E-state index contributed by atoms with van der Waals surface area (Å²) in [5.41, 5.74) is 7.04. The van der Waals surface area contributed by atoms with Gasteiger partial charge in [-0.25, -0.2) is 0 Å². The molecule has 1 saturated heterocycles. The number of ether oxygens (including phenoxy) is 2. The zero-order chi connectivity index (χ0) is 18.9. The summed E-state index contributed by atoms with van der Waals surface area (Å²) in [6.07, 6.45) is 1.67. The first-order valence-corrected chi connectivity index (χ1v) is 8.60. The summed E-state index contributed by atoms with van der Waals surface area (Å²) >= 11 is 0. The van der Waals surface area contributed by atoms with E-state index in [4.69, 9.17) is 10.5 Å². The molecule has 1 aromatic carbocycles. The van der Waals surface area contributed by atoms with Gasteiger partial charge in [0.05, 0.1) is 19.6 Å². The van der Waals surface area contributed by atoms with Crippen LogP contribution in [-0.4, -0.2) is 50.7 Å². The first kappa shape index (κ1) is 22.9. The van der Waals surface area contributed by atoms with Gasteiger partial charge in [-0.3, -0.25) is 14.4 Å². The highest BCUT2D eigenvalue weighted by Crippen LogP contribution is 2.19. The molecule has 2 amide bonds. The molecular weight excluding hydrogens is 374 g/mol. The molecule has 0 saturated carbocycles. The van der Waals surface area contributed by atoms with Crippen LogP contribution in [0.2, 0.25) is 0 Å². The molecule has 150 valence electrons. The predicted molar refractivity (Wildman–Crippen MR) is 103 cm³/mol. The highest BCUT2D eigenvalue weighted by Gasteiger charge is 2.26. The number of methoxy groups -OCH3 is 1. The monoisotopic (exact) mass is 399 g/mol. The zero-order valence-electron chi connectivity index (χ0n) is 15.2. The third-order valence-electron chi connectivity index (χ3n) is 4.33. The standard InChI is InChI=1S/C18H25N3O5.ClH/c1-25-15(22)6-9-20-17(23)13-2-4-14(5-3-13)21-18(24)16(19)12-7-10-26-11-8-12;/h2-5,12,16H,6-11,19H2,1H3,(H,20,23)(H,21,24);1H. The van der Waals surface area contributed by atoms with Crippen LogP contribution in [0.1, 0.15) is 29.6 Å². The van der Waals surface area contributed by atoms with Crippen LogP contribution in [0.15, 0.2) is 24.3 Å². The number of esters is 1. The van der Waals surface area contributed by atoms with Gasteiger partial charge in [-0.15, -0.1) is 12.4 Å². The van der Waals surface area contributed by atoms with Gasteiger partial charge in [-0.2, -0.15) is 0 Å². The topological polar surface area (TPSA) is 120 Å². The van der Waals surface area contributed by atoms with E-state index in [2.05, 4.69) is 15.4 Å². The maximum absolute atomic E-state index is 12.3. The molecule has 1 atom stereocenters. The molecule has 4 N–H and O–H groups in total. The Labute approximate surface area is 164 Å². The molecule has 1 fully saturated rings. The highest BCUT2D eigenvalue weighted by molar-refractivity contribution is 5.97. The molecule has 27 heavy (non-hydrogen) atoms. The average Bonchev–Trinajstić information content (AvgIpc) is 2.68. The molecule has 1 heterocycles. The molecule has 0 aromatic heterocycles. The van der Waals surface area contributed by atoms with Crippen molar-refractivity contribution < 1.29 is 23.9 Å². The summed E-state index contributed by atoms with van der Waals surface area (Å²) in [5.74, 6) is -0.814. The fourth-order valence-corrected chi connectivity index (χ4v) is 2.70. The van der Waals surface area contributed by atoms with Crippen molar-refractivity contribution in [1.29, 1.82) is 0 Å². The molecule has 1 aromatic rings. The van der Waals surface area contributed by atoms with E-state index in [1.54, 1.807) is 24.3 Å². The molecule has 1 aliphatic rings. The number of anilines is 1. The van der Waals surface area contributed by atoms with E-state index in [0.29, 0.717) is 24.5 Å². The fourth-order valence-electron chi connectivity index (χ4n) is 2.70. The van der Waals surface area contributed by atoms with E-state index in [1.807, 2.05) is 0 Å². The second kappa shape index (κ2) is 11.5. The molecular formula is C18H26ClN3O5. The third-order valence-corrected chi connectivity index (χ3v) is 4.33. The van der Waals surface area contributed by atoms with Gasteiger partial charge in [0, 0.05) is 31.0 Å². The molecule has 8 nitrogen and oxygen atoms in total. The summed E-state index contributed by atoms with van der Waals surface area (Å²) in [7, 11) is 1.30. The van der Waals surface area contributed by atoms with Crippen LogP contribution in [0.5, 0.6) is 0 Å². The van der Waals surface area contributed by atoms with Gasteiger partial charge < -0.3 is 25.8 Å². The van der Waals surface area contributed by atoms with Crippen molar-refractivity contribution in [3.63, 3.8) is 0 Å². The smallest absolute Gasteiger partial charge is 0.307 e. The second-order valence-corrected chi connectivity index (χ2v) is 6.12. The van der Waals surface area contributed by atoms with Crippen LogP contribution in [0.25, 0.3) is 0 Å². The number of carbonyl (C=O) groups excluding carboxylic acids is 3. The molecule has 1 aliphatic heterocycles. The Balaban J connectivity index is 0.00000364. The van der Waals surface area contributed by atoms with Crippen molar-refractivity contribution in [2.75, 3.05) is 32.2 Å². The Morgan fingerprint density at radius 2 is 1.85 bits per heavy atom. The first-order valence-electron chi connectivity index (χ1n) is 8.60. The summed E-state index contributed by atoms with van der Waals surface area (Å²) in [6.45, 7) is 1.46. The minimum atomic E-state index is -0.583. The first-order chi connectivity index (χ1) is 12.5. The van der Waals surface area contributed by atoms with Crippen molar-refractivity contribution >= 4 is 35.9 Å². The lowest BCUT2D eigenvalue weighted by molar-refractivity contribution is -0.140. The summed E-state index contributed by atoms with van der Waals surface area (Å²) in [4.78, 5) is 35.3. The Hall–Kier alpha value is -2.16. The number of carbonyl (C=O) groups is 3. The number of hydrogen-bond donors (Lipinski definition) is 3. The zero-order valence-corrected chi connectivity index (χ0v) is 16.1. The van der Waals surface area contributed by atoms with E-state index >= 15 is 0 Å². The van der Waals surface area contributed by atoms with Crippen molar-refractivity contribution in [2.24, 2.45) is 11.7 Å². The maximum atomic E-state index is 12.3. The molecule has 0 aliphatic carbocycles. The van der Waals surface area contributed by atoms with E-state index in [-0.39, 0.29) is 49.1 Å². The number of benzene rings is 1. The Morgan fingerprint density at radius 3 is 2.44 bits per heavy atom. The molecule has 9 heteroatoms. The Bertz CT molecular complexity index is 632. The second-order valence-electron chi connectivity index (χ2n) is 6.12. The normalized spacial score (nSPS) is 15.2. The number of rotatable bonds is 7. The van der Waals surface area contributed by atoms with Gasteiger partial charge in [0.2, 0.25) is 5.91 Å². The fraction of sp³-hybridized carbons (Fsp3) is 0.500. The number of nitrogens with two attached hydrogens (primary N) is 1. The Kier molecular flexibility index (Phi) is 9.77. The van der Waals surface area contributed by atoms with Crippen LogP contribution >= 0.6 is 12.4 Å². The van der Waals surface area contributed by atoms with Gasteiger partial charge in [-0.1, -0.05) is 0 Å². The molecule has 1 unspecified atom stereocenters.